The van der Waals surface area contributed by atoms with E-state index in [9.17, 15) is 9.59 Å². The number of methoxy groups -OCH3 is 1. The first kappa shape index (κ1) is 19.2. The number of para-hydroxylation sites is 1. The van der Waals surface area contributed by atoms with Gasteiger partial charge in [-0.15, -0.1) is 0 Å². The number of amides is 1. The van der Waals surface area contributed by atoms with Crippen molar-refractivity contribution < 1.29 is 19.1 Å². The number of rotatable bonds is 7. The van der Waals surface area contributed by atoms with Crippen molar-refractivity contribution in [1.82, 2.24) is 0 Å². The van der Waals surface area contributed by atoms with E-state index in [2.05, 4.69) is 5.32 Å². The second-order valence-corrected chi connectivity index (χ2v) is 6.17. The van der Waals surface area contributed by atoms with Crippen molar-refractivity contribution in [2.75, 3.05) is 19.0 Å². The molecule has 0 saturated carbocycles. The summed E-state index contributed by atoms with van der Waals surface area (Å²) in [6.45, 7) is 1.22. The van der Waals surface area contributed by atoms with Crippen molar-refractivity contribution >= 4 is 17.4 Å². The minimum Gasteiger partial charge on any atom is -0.497 e. The summed E-state index contributed by atoms with van der Waals surface area (Å²) in [7, 11) is 1.53. The lowest BCUT2D eigenvalue weighted by Gasteiger charge is -2.13. The van der Waals surface area contributed by atoms with E-state index in [0.29, 0.717) is 22.7 Å². The summed E-state index contributed by atoms with van der Waals surface area (Å²) in [5.41, 5.74) is 3.02. The van der Waals surface area contributed by atoms with E-state index in [1.165, 1.54) is 14.0 Å². The second-order valence-electron chi connectivity index (χ2n) is 6.17. The minimum absolute atomic E-state index is 0.146. The van der Waals surface area contributed by atoms with Crippen LogP contribution in [0, 0.1) is 0 Å². The molecule has 0 atom stereocenters. The summed E-state index contributed by atoms with van der Waals surface area (Å²) >= 11 is 0. The summed E-state index contributed by atoms with van der Waals surface area (Å²) in [4.78, 5) is 24.2. The van der Waals surface area contributed by atoms with Gasteiger partial charge in [-0.1, -0.05) is 48.5 Å². The van der Waals surface area contributed by atoms with Crippen LogP contribution >= 0.6 is 0 Å². The third-order valence-corrected chi connectivity index (χ3v) is 4.21. The van der Waals surface area contributed by atoms with Gasteiger partial charge >= 0.3 is 0 Å². The van der Waals surface area contributed by atoms with E-state index < -0.39 is 0 Å². The molecule has 0 aliphatic carbocycles. The molecule has 0 aromatic heterocycles. The minimum atomic E-state index is -0.319. The predicted octanol–water partition coefficient (Wildman–Crippen LogP) is 4.58. The largest absolute Gasteiger partial charge is 0.497 e. The van der Waals surface area contributed by atoms with Gasteiger partial charge in [-0.25, -0.2) is 0 Å². The first-order valence-electron chi connectivity index (χ1n) is 8.84. The molecule has 0 aliphatic heterocycles. The molecule has 0 unspecified atom stereocenters. The lowest BCUT2D eigenvalue weighted by Crippen LogP contribution is -2.21. The van der Waals surface area contributed by atoms with Gasteiger partial charge in [0, 0.05) is 17.3 Å². The molecule has 0 heterocycles. The van der Waals surface area contributed by atoms with Crippen LogP contribution in [0.2, 0.25) is 0 Å². The van der Waals surface area contributed by atoms with Gasteiger partial charge in [0.2, 0.25) is 0 Å². The third-order valence-electron chi connectivity index (χ3n) is 4.21. The number of ketones is 1. The van der Waals surface area contributed by atoms with Crippen molar-refractivity contribution in [2.24, 2.45) is 0 Å². The molecule has 0 fully saturated rings. The van der Waals surface area contributed by atoms with Crippen LogP contribution in [0.5, 0.6) is 11.5 Å². The van der Waals surface area contributed by atoms with Gasteiger partial charge in [0.25, 0.3) is 5.91 Å². The van der Waals surface area contributed by atoms with Gasteiger partial charge in [-0.3, -0.25) is 9.59 Å². The number of carbonyl (C=O) groups is 2. The first-order valence-corrected chi connectivity index (χ1v) is 8.84. The zero-order valence-corrected chi connectivity index (χ0v) is 15.8. The summed E-state index contributed by atoms with van der Waals surface area (Å²) in [5, 5.41) is 2.88. The molecule has 142 valence electrons. The summed E-state index contributed by atoms with van der Waals surface area (Å²) < 4.78 is 10.8. The van der Waals surface area contributed by atoms with Crippen LogP contribution in [0.1, 0.15) is 17.3 Å². The number of anilines is 1. The molecule has 0 bridgehead atoms. The van der Waals surface area contributed by atoms with Crippen LogP contribution < -0.4 is 14.8 Å². The Balaban J connectivity index is 1.74. The van der Waals surface area contributed by atoms with Crippen molar-refractivity contribution in [3.8, 4) is 22.6 Å². The Morgan fingerprint density at radius 1 is 0.929 bits per heavy atom. The summed E-state index contributed by atoms with van der Waals surface area (Å²) in [6, 6.07) is 22.3. The van der Waals surface area contributed by atoms with Crippen molar-refractivity contribution in [2.45, 2.75) is 6.92 Å². The molecule has 3 rings (SSSR count). The smallest absolute Gasteiger partial charge is 0.262 e. The van der Waals surface area contributed by atoms with Crippen LogP contribution in [-0.4, -0.2) is 25.4 Å². The number of hydrogen-bond donors (Lipinski definition) is 1. The van der Waals surface area contributed by atoms with Crippen molar-refractivity contribution in [1.29, 1.82) is 0 Å². The molecular formula is C23H21NO4. The molecule has 0 spiro atoms. The fraction of sp³-hybridized carbons (Fsp3) is 0.130. The van der Waals surface area contributed by atoms with E-state index in [1.54, 1.807) is 18.2 Å². The molecule has 0 radical (unpaired) electrons. The average molecular weight is 375 g/mol. The quantitative estimate of drug-likeness (QED) is 0.614. The van der Waals surface area contributed by atoms with E-state index in [-0.39, 0.29) is 18.3 Å². The molecular weight excluding hydrogens is 354 g/mol. The molecule has 1 amide bonds. The Morgan fingerprint density at radius 2 is 1.64 bits per heavy atom. The molecule has 0 saturated heterocycles. The van der Waals surface area contributed by atoms with Crippen molar-refractivity contribution in [3.63, 3.8) is 0 Å². The molecule has 5 nitrogen and oxygen atoms in total. The predicted molar refractivity (Wildman–Crippen MR) is 109 cm³/mol. The number of benzene rings is 3. The highest BCUT2D eigenvalue weighted by molar-refractivity contribution is 5.98. The third kappa shape index (κ3) is 4.57. The molecule has 1 N–H and O–H groups in total. The zero-order chi connectivity index (χ0) is 19.9. The second kappa shape index (κ2) is 8.86. The van der Waals surface area contributed by atoms with Gasteiger partial charge in [0.05, 0.1) is 12.7 Å². The first-order chi connectivity index (χ1) is 13.6. The van der Waals surface area contributed by atoms with Crippen LogP contribution in [0.15, 0.2) is 72.8 Å². The Morgan fingerprint density at radius 3 is 2.36 bits per heavy atom. The van der Waals surface area contributed by atoms with Crippen LogP contribution in [0.25, 0.3) is 11.1 Å². The maximum Gasteiger partial charge on any atom is 0.262 e. The van der Waals surface area contributed by atoms with Crippen molar-refractivity contribution in [3.05, 3.63) is 78.4 Å². The van der Waals surface area contributed by atoms with E-state index in [0.717, 1.165) is 11.1 Å². The summed E-state index contributed by atoms with van der Waals surface area (Å²) in [5.74, 6) is 0.404. The SMILES string of the molecule is COc1ccc(C(C)=O)c(OCC(=O)Nc2ccccc2-c2ccccc2)c1. The van der Waals surface area contributed by atoms with Gasteiger partial charge in [-0.05, 0) is 30.7 Å². The number of carbonyl (C=O) groups excluding carboxylic acids is 2. The number of hydrogen-bond acceptors (Lipinski definition) is 4. The topological polar surface area (TPSA) is 64.6 Å². The monoisotopic (exact) mass is 375 g/mol. The molecule has 3 aromatic carbocycles. The Labute approximate surface area is 163 Å². The lowest BCUT2D eigenvalue weighted by molar-refractivity contribution is -0.118. The fourth-order valence-corrected chi connectivity index (χ4v) is 2.83. The van der Waals surface area contributed by atoms with E-state index in [4.69, 9.17) is 9.47 Å². The number of nitrogens with one attached hydrogen (secondary N) is 1. The Hall–Kier alpha value is -3.60. The maximum absolute atomic E-state index is 12.5. The lowest BCUT2D eigenvalue weighted by atomic mass is 10.0. The van der Waals surface area contributed by atoms with Gasteiger partial charge in [0.15, 0.2) is 12.4 Å². The molecule has 0 aliphatic rings. The van der Waals surface area contributed by atoms with Crippen LogP contribution in [0.4, 0.5) is 5.69 Å². The number of ether oxygens (including phenoxy) is 2. The molecule has 3 aromatic rings. The van der Waals surface area contributed by atoms with E-state index >= 15 is 0 Å². The van der Waals surface area contributed by atoms with E-state index in [1.807, 2.05) is 54.6 Å². The average Bonchev–Trinajstić information content (AvgIpc) is 2.73. The highest BCUT2D eigenvalue weighted by Gasteiger charge is 2.13. The Bertz CT molecular complexity index is 983. The normalized spacial score (nSPS) is 10.2. The highest BCUT2D eigenvalue weighted by Crippen LogP contribution is 2.28. The summed E-state index contributed by atoms with van der Waals surface area (Å²) in [6.07, 6.45) is 0. The highest BCUT2D eigenvalue weighted by atomic mass is 16.5. The van der Waals surface area contributed by atoms with Gasteiger partial charge < -0.3 is 14.8 Å². The fourth-order valence-electron chi connectivity index (χ4n) is 2.83. The maximum atomic E-state index is 12.5. The standard InChI is InChI=1S/C23H21NO4/c1-16(25)19-13-12-18(27-2)14-22(19)28-15-23(26)24-21-11-7-6-10-20(21)17-8-4-3-5-9-17/h3-14H,15H2,1-2H3,(H,24,26). The van der Waals surface area contributed by atoms with Crippen LogP contribution in [0.3, 0.4) is 0 Å². The molecule has 5 heteroatoms. The zero-order valence-electron chi connectivity index (χ0n) is 15.8. The molecule has 28 heavy (non-hydrogen) atoms. The van der Waals surface area contributed by atoms with Crippen LogP contribution in [-0.2, 0) is 4.79 Å². The Kier molecular flexibility index (Phi) is 6.07. The van der Waals surface area contributed by atoms with Gasteiger partial charge in [-0.2, -0.15) is 0 Å². The number of Topliss-reactive ketones (excluding diaryl/α,β-unsaturated/α-hetero) is 1. The van der Waals surface area contributed by atoms with Gasteiger partial charge in [0.1, 0.15) is 11.5 Å².